The van der Waals surface area contributed by atoms with E-state index in [0.717, 1.165) is 60.4 Å². The highest BCUT2D eigenvalue weighted by molar-refractivity contribution is 7.92. The molecule has 0 aromatic heterocycles. The molecule has 0 saturated heterocycles. The molecule has 11 heteroatoms. The molecule has 0 spiro atoms. The predicted molar refractivity (Wildman–Crippen MR) is 146 cm³/mol. The number of hydrogen-bond acceptors (Lipinski definition) is 5. The third-order valence-electron chi connectivity index (χ3n) is 6.95. The molecule has 0 bridgehead atoms. The van der Waals surface area contributed by atoms with Crippen LogP contribution in [-0.2, 0) is 26.2 Å². The molecule has 1 fully saturated rings. The summed E-state index contributed by atoms with van der Waals surface area (Å²) in [6.45, 7) is 1.72. The lowest BCUT2D eigenvalue weighted by molar-refractivity contribution is -0.141. The smallest absolute Gasteiger partial charge is 0.242 e. The molecule has 2 aromatic carbocycles. The van der Waals surface area contributed by atoms with Gasteiger partial charge in [-0.05, 0) is 56.0 Å². The Kier molecular flexibility index (Phi) is 10.7. The summed E-state index contributed by atoms with van der Waals surface area (Å²) in [5.41, 5.74) is 0.747. The first-order valence-corrected chi connectivity index (χ1v) is 15.0. The van der Waals surface area contributed by atoms with Gasteiger partial charge in [-0.2, -0.15) is 0 Å². The standard InChI is InChI=1S/C28H37F2N3O5S/c1-20(28(35)31-22-10-5-4-6-11-22)32(19-21-9-7-12-24(17-21)38-2)27(34)13-8-16-33(39(3,36)37)23-14-15-25(29)26(30)18-23/h7,9,12,14-15,17-18,20,22H,4-6,8,10-11,13,16,19H2,1-3H3,(H,31,35)/t20-/m1/s1. The highest BCUT2D eigenvalue weighted by Crippen LogP contribution is 2.23. The van der Waals surface area contributed by atoms with E-state index in [-0.39, 0.29) is 49.5 Å². The molecule has 0 heterocycles. The molecule has 1 atom stereocenters. The Morgan fingerprint density at radius 1 is 1.08 bits per heavy atom. The Labute approximate surface area is 229 Å². The highest BCUT2D eigenvalue weighted by atomic mass is 32.2. The topological polar surface area (TPSA) is 96.0 Å². The number of sulfonamides is 1. The van der Waals surface area contributed by atoms with Gasteiger partial charge in [0.25, 0.3) is 0 Å². The zero-order valence-corrected chi connectivity index (χ0v) is 23.5. The molecule has 2 amide bonds. The van der Waals surface area contributed by atoms with Crippen molar-refractivity contribution >= 4 is 27.5 Å². The van der Waals surface area contributed by atoms with Crippen LogP contribution in [0.4, 0.5) is 14.5 Å². The molecular weight excluding hydrogens is 528 g/mol. The number of hydrogen-bond donors (Lipinski definition) is 1. The van der Waals surface area contributed by atoms with Gasteiger partial charge in [-0.3, -0.25) is 13.9 Å². The average Bonchev–Trinajstić information content (AvgIpc) is 2.91. The Balaban J connectivity index is 1.74. The summed E-state index contributed by atoms with van der Waals surface area (Å²) in [7, 11) is -2.28. The van der Waals surface area contributed by atoms with E-state index in [1.165, 1.54) is 11.0 Å². The van der Waals surface area contributed by atoms with E-state index in [1.54, 1.807) is 32.2 Å². The van der Waals surface area contributed by atoms with Gasteiger partial charge in [-0.15, -0.1) is 0 Å². The van der Waals surface area contributed by atoms with Crippen molar-refractivity contribution in [3.63, 3.8) is 0 Å². The number of carbonyl (C=O) groups excluding carboxylic acids is 2. The van der Waals surface area contributed by atoms with Crippen molar-refractivity contribution in [3.8, 4) is 5.75 Å². The molecule has 0 radical (unpaired) electrons. The Hall–Kier alpha value is -3.21. The number of carbonyl (C=O) groups is 2. The molecule has 8 nitrogen and oxygen atoms in total. The summed E-state index contributed by atoms with van der Waals surface area (Å²) in [6, 6.07) is 9.38. The summed E-state index contributed by atoms with van der Waals surface area (Å²) in [6.07, 6.45) is 6.10. The van der Waals surface area contributed by atoms with Crippen LogP contribution < -0.4 is 14.4 Å². The molecular formula is C28H37F2N3O5S. The van der Waals surface area contributed by atoms with E-state index < -0.39 is 27.7 Å². The number of halogens is 2. The van der Waals surface area contributed by atoms with Crippen LogP contribution in [0.15, 0.2) is 42.5 Å². The lowest BCUT2D eigenvalue weighted by Crippen LogP contribution is -2.50. The molecule has 1 aliphatic carbocycles. The maximum Gasteiger partial charge on any atom is 0.242 e. The number of anilines is 1. The fourth-order valence-corrected chi connectivity index (χ4v) is 5.72. The van der Waals surface area contributed by atoms with Crippen molar-refractivity contribution in [2.45, 2.75) is 70.5 Å². The first-order chi connectivity index (χ1) is 18.5. The second kappa shape index (κ2) is 13.7. The van der Waals surface area contributed by atoms with Crippen molar-refractivity contribution in [2.75, 3.05) is 24.2 Å². The average molecular weight is 566 g/mol. The molecule has 1 saturated carbocycles. The summed E-state index contributed by atoms with van der Waals surface area (Å²) in [4.78, 5) is 28.1. The number of rotatable bonds is 12. The summed E-state index contributed by atoms with van der Waals surface area (Å²) in [5.74, 6) is -2.20. The highest BCUT2D eigenvalue weighted by Gasteiger charge is 2.28. The zero-order chi connectivity index (χ0) is 28.6. The quantitative estimate of drug-likeness (QED) is 0.412. The first kappa shape index (κ1) is 30.3. The van der Waals surface area contributed by atoms with Gasteiger partial charge >= 0.3 is 0 Å². The summed E-state index contributed by atoms with van der Waals surface area (Å²) >= 11 is 0. The summed E-state index contributed by atoms with van der Waals surface area (Å²) < 4.78 is 58.1. The SMILES string of the molecule is COc1cccc(CN(C(=O)CCCN(c2ccc(F)c(F)c2)S(C)(=O)=O)[C@H](C)C(=O)NC2CCCCC2)c1. The largest absolute Gasteiger partial charge is 0.497 e. The molecule has 2 aromatic rings. The normalized spacial score (nSPS) is 14.9. The van der Waals surface area contributed by atoms with E-state index in [1.807, 2.05) is 6.07 Å². The number of nitrogens with zero attached hydrogens (tertiary/aromatic N) is 2. The monoisotopic (exact) mass is 565 g/mol. The molecule has 1 aliphatic rings. The Morgan fingerprint density at radius 2 is 1.79 bits per heavy atom. The van der Waals surface area contributed by atoms with Crippen LogP contribution >= 0.6 is 0 Å². The van der Waals surface area contributed by atoms with E-state index in [9.17, 15) is 26.8 Å². The van der Waals surface area contributed by atoms with Crippen LogP contribution in [-0.4, -0.2) is 57.1 Å². The van der Waals surface area contributed by atoms with Crippen molar-refractivity contribution in [2.24, 2.45) is 0 Å². The van der Waals surface area contributed by atoms with Gasteiger partial charge in [0.2, 0.25) is 21.8 Å². The lowest BCUT2D eigenvalue weighted by Gasteiger charge is -2.31. The fraction of sp³-hybridized carbons (Fsp3) is 0.500. The van der Waals surface area contributed by atoms with Gasteiger partial charge in [0, 0.05) is 31.6 Å². The molecule has 0 unspecified atom stereocenters. The van der Waals surface area contributed by atoms with Gasteiger partial charge in [0.15, 0.2) is 11.6 Å². The lowest BCUT2D eigenvalue weighted by atomic mass is 9.95. The predicted octanol–water partition coefficient (Wildman–Crippen LogP) is 4.39. The third kappa shape index (κ3) is 8.64. The zero-order valence-electron chi connectivity index (χ0n) is 22.7. The molecule has 214 valence electrons. The maximum absolute atomic E-state index is 13.8. The number of benzene rings is 2. The van der Waals surface area contributed by atoms with Gasteiger partial charge in [-0.25, -0.2) is 17.2 Å². The third-order valence-corrected chi connectivity index (χ3v) is 8.14. The van der Waals surface area contributed by atoms with Gasteiger partial charge in [0.05, 0.1) is 19.1 Å². The van der Waals surface area contributed by atoms with Crippen molar-refractivity contribution in [1.29, 1.82) is 0 Å². The van der Waals surface area contributed by atoms with Crippen LogP contribution in [0.1, 0.15) is 57.4 Å². The van der Waals surface area contributed by atoms with Crippen LogP contribution in [0.25, 0.3) is 0 Å². The van der Waals surface area contributed by atoms with Gasteiger partial charge in [0.1, 0.15) is 11.8 Å². The number of ether oxygens (including phenoxy) is 1. The van der Waals surface area contributed by atoms with Gasteiger partial charge in [-0.1, -0.05) is 31.4 Å². The summed E-state index contributed by atoms with van der Waals surface area (Å²) in [5, 5.41) is 3.08. The van der Waals surface area contributed by atoms with E-state index in [0.29, 0.717) is 5.75 Å². The second-order valence-electron chi connectivity index (χ2n) is 9.93. The second-order valence-corrected chi connectivity index (χ2v) is 11.8. The minimum absolute atomic E-state index is 0.0303. The van der Waals surface area contributed by atoms with Crippen molar-refractivity contribution < 1.29 is 31.5 Å². The molecule has 3 rings (SSSR count). The van der Waals surface area contributed by atoms with Crippen LogP contribution in [0.2, 0.25) is 0 Å². The number of amides is 2. The molecule has 0 aliphatic heterocycles. The Bertz CT molecular complexity index is 1250. The van der Waals surface area contributed by atoms with Crippen LogP contribution in [0.3, 0.4) is 0 Å². The van der Waals surface area contributed by atoms with E-state index >= 15 is 0 Å². The van der Waals surface area contributed by atoms with E-state index in [4.69, 9.17) is 4.74 Å². The molecule has 1 N–H and O–H groups in total. The number of nitrogens with one attached hydrogen (secondary N) is 1. The Morgan fingerprint density at radius 3 is 2.44 bits per heavy atom. The van der Waals surface area contributed by atoms with Crippen molar-refractivity contribution in [3.05, 3.63) is 59.7 Å². The van der Waals surface area contributed by atoms with Crippen LogP contribution in [0.5, 0.6) is 5.75 Å². The minimum Gasteiger partial charge on any atom is -0.497 e. The first-order valence-electron chi connectivity index (χ1n) is 13.1. The van der Waals surface area contributed by atoms with E-state index in [2.05, 4.69) is 5.32 Å². The number of methoxy groups -OCH3 is 1. The minimum atomic E-state index is -3.83. The maximum atomic E-state index is 13.8. The van der Waals surface area contributed by atoms with Gasteiger partial charge < -0.3 is 15.0 Å². The molecule has 39 heavy (non-hydrogen) atoms. The van der Waals surface area contributed by atoms with Crippen molar-refractivity contribution in [1.82, 2.24) is 10.2 Å². The van der Waals surface area contributed by atoms with Crippen LogP contribution in [0, 0.1) is 11.6 Å². The fourth-order valence-electron chi connectivity index (χ4n) is 4.76.